The fraction of sp³-hybridized carbons (Fsp3) is 0.350. The third-order valence-corrected chi connectivity index (χ3v) is 5.21. The van der Waals surface area contributed by atoms with Gasteiger partial charge in [-0.05, 0) is 36.2 Å². The molecule has 0 aliphatic carbocycles. The van der Waals surface area contributed by atoms with Gasteiger partial charge in [-0.15, -0.1) is 0 Å². The Kier molecular flexibility index (Phi) is 5.13. The van der Waals surface area contributed by atoms with Gasteiger partial charge in [-0.2, -0.15) is 0 Å². The predicted octanol–water partition coefficient (Wildman–Crippen LogP) is 0.974. The SMILES string of the molecule is O=C(c1ccccc1)N1CCN(C(=O)C2CC(c3ccncc3)NN2)CC1. The first-order valence-electron chi connectivity index (χ1n) is 9.26. The second kappa shape index (κ2) is 7.85. The van der Waals surface area contributed by atoms with Crippen LogP contribution in [0, 0.1) is 0 Å². The number of carbonyl (C=O) groups is 2. The van der Waals surface area contributed by atoms with Crippen LogP contribution >= 0.6 is 0 Å². The van der Waals surface area contributed by atoms with E-state index in [-0.39, 0.29) is 23.9 Å². The van der Waals surface area contributed by atoms with Gasteiger partial charge < -0.3 is 9.80 Å². The highest BCUT2D eigenvalue weighted by Gasteiger charge is 2.34. The lowest BCUT2D eigenvalue weighted by Crippen LogP contribution is -2.54. The van der Waals surface area contributed by atoms with Gasteiger partial charge in [0.2, 0.25) is 5.91 Å². The van der Waals surface area contributed by atoms with E-state index in [0.29, 0.717) is 38.2 Å². The lowest BCUT2D eigenvalue weighted by molar-refractivity contribution is -0.134. The Morgan fingerprint density at radius 3 is 2.26 bits per heavy atom. The fourth-order valence-corrected chi connectivity index (χ4v) is 3.65. The number of amides is 2. The molecule has 0 radical (unpaired) electrons. The molecular formula is C20H23N5O2. The minimum atomic E-state index is -0.250. The fourth-order valence-electron chi connectivity index (χ4n) is 3.65. The van der Waals surface area contributed by atoms with Crippen molar-refractivity contribution in [1.82, 2.24) is 25.6 Å². The molecule has 3 heterocycles. The number of nitrogens with one attached hydrogen (secondary N) is 2. The Balaban J connectivity index is 1.31. The molecule has 2 fully saturated rings. The van der Waals surface area contributed by atoms with Crippen molar-refractivity contribution in [3.05, 3.63) is 66.0 Å². The Labute approximate surface area is 158 Å². The summed E-state index contributed by atoms with van der Waals surface area (Å²) in [7, 11) is 0. The van der Waals surface area contributed by atoms with Crippen LogP contribution in [0.15, 0.2) is 54.9 Å². The van der Waals surface area contributed by atoms with E-state index < -0.39 is 0 Å². The monoisotopic (exact) mass is 365 g/mol. The van der Waals surface area contributed by atoms with Crippen molar-refractivity contribution < 1.29 is 9.59 Å². The van der Waals surface area contributed by atoms with E-state index in [2.05, 4.69) is 15.8 Å². The molecule has 1 aromatic heterocycles. The summed E-state index contributed by atoms with van der Waals surface area (Å²) in [5.41, 5.74) is 8.13. The minimum Gasteiger partial charge on any atom is -0.338 e. The molecule has 140 valence electrons. The number of hydrazine groups is 1. The molecule has 7 nitrogen and oxygen atoms in total. The molecular weight excluding hydrogens is 342 g/mol. The average molecular weight is 365 g/mol. The summed E-state index contributed by atoms with van der Waals surface area (Å²) in [6.45, 7) is 2.26. The minimum absolute atomic E-state index is 0.0288. The summed E-state index contributed by atoms with van der Waals surface area (Å²) in [5, 5.41) is 0. The number of piperazine rings is 1. The molecule has 4 rings (SSSR count). The van der Waals surface area contributed by atoms with Crippen molar-refractivity contribution in [2.24, 2.45) is 0 Å². The van der Waals surface area contributed by atoms with Crippen LogP contribution in [0.25, 0.3) is 0 Å². The van der Waals surface area contributed by atoms with Gasteiger partial charge >= 0.3 is 0 Å². The summed E-state index contributed by atoms with van der Waals surface area (Å²) in [4.78, 5) is 33.1. The van der Waals surface area contributed by atoms with E-state index >= 15 is 0 Å². The largest absolute Gasteiger partial charge is 0.338 e. The van der Waals surface area contributed by atoms with Gasteiger partial charge in [-0.25, -0.2) is 10.9 Å². The third kappa shape index (κ3) is 3.84. The van der Waals surface area contributed by atoms with Crippen LogP contribution in [0.1, 0.15) is 28.4 Å². The van der Waals surface area contributed by atoms with Crippen molar-refractivity contribution in [1.29, 1.82) is 0 Å². The number of carbonyl (C=O) groups excluding carboxylic acids is 2. The van der Waals surface area contributed by atoms with Gasteiger partial charge in [0.05, 0.1) is 0 Å². The van der Waals surface area contributed by atoms with Crippen LogP contribution in [-0.4, -0.2) is 58.8 Å². The predicted molar refractivity (Wildman–Crippen MR) is 101 cm³/mol. The number of pyridine rings is 1. The second-order valence-electron chi connectivity index (χ2n) is 6.89. The molecule has 2 N–H and O–H groups in total. The standard InChI is InChI=1S/C20H23N5O2/c26-19(16-4-2-1-3-5-16)24-10-12-25(13-11-24)20(27)18-14-17(22-23-18)15-6-8-21-9-7-15/h1-9,17-18,22-23H,10-14H2. The van der Waals surface area contributed by atoms with Crippen molar-refractivity contribution in [3.8, 4) is 0 Å². The third-order valence-electron chi connectivity index (χ3n) is 5.21. The van der Waals surface area contributed by atoms with Gasteiger partial charge in [0.15, 0.2) is 0 Å². The van der Waals surface area contributed by atoms with Crippen molar-refractivity contribution in [2.75, 3.05) is 26.2 Å². The molecule has 2 aromatic rings. The molecule has 2 saturated heterocycles. The van der Waals surface area contributed by atoms with Crippen molar-refractivity contribution in [2.45, 2.75) is 18.5 Å². The van der Waals surface area contributed by atoms with Crippen molar-refractivity contribution >= 4 is 11.8 Å². The molecule has 0 saturated carbocycles. The molecule has 2 atom stereocenters. The van der Waals surface area contributed by atoms with Crippen LogP contribution in [0.2, 0.25) is 0 Å². The number of hydrogen-bond donors (Lipinski definition) is 2. The molecule has 27 heavy (non-hydrogen) atoms. The zero-order chi connectivity index (χ0) is 18.6. The number of nitrogens with zero attached hydrogens (tertiary/aromatic N) is 3. The Hall–Kier alpha value is -2.77. The van der Waals surface area contributed by atoms with Crippen LogP contribution in [0.4, 0.5) is 0 Å². The maximum atomic E-state index is 12.8. The van der Waals surface area contributed by atoms with E-state index in [4.69, 9.17) is 0 Å². The molecule has 7 heteroatoms. The summed E-state index contributed by atoms with van der Waals surface area (Å²) < 4.78 is 0. The highest BCUT2D eigenvalue weighted by Crippen LogP contribution is 2.23. The second-order valence-corrected chi connectivity index (χ2v) is 6.89. The maximum absolute atomic E-state index is 12.8. The van der Waals surface area contributed by atoms with Crippen molar-refractivity contribution in [3.63, 3.8) is 0 Å². The number of rotatable bonds is 3. The van der Waals surface area contributed by atoms with Crippen LogP contribution in [0.5, 0.6) is 0 Å². The van der Waals surface area contributed by atoms with Crippen LogP contribution in [0.3, 0.4) is 0 Å². The Morgan fingerprint density at radius 2 is 1.56 bits per heavy atom. The van der Waals surface area contributed by atoms with Crippen LogP contribution < -0.4 is 10.9 Å². The smallest absolute Gasteiger partial charge is 0.253 e. The van der Waals surface area contributed by atoms with Gasteiger partial charge in [0.25, 0.3) is 5.91 Å². The topological polar surface area (TPSA) is 77.6 Å². The number of benzene rings is 1. The zero-order valence-corrected chi connectivity index (χ0v) is 15.0. The van der Waals surface area contributed by atoms with Gasteiger partial charge in [0, 0.05) is 50.2 Å². The number of aromatic nitrogens is 1. The van der Waals surface area contributed by atoms with E-state index in [1.54, 1.807) is 12.4 Å². The first-order chi connectivity index (χ1) is 13.2. The van der Waals surface area contributed by atoms with E-state index in [9.17, 15) is 9.59 Å². The van der Waals surface area contributed by atoms with E-state index in [1.807, 2.05) is 52.3 Å². The lowest BCUT2D eigenvalue weighted by Gasteiger charge is -2.35. The number of hydrogen-bond acceptors (Lipinski definition) is 5. The molecule has 0 spiro atoms. The Bertz CT molecular complexity index is 791. The molecule has 1 aromatic carbocycles. The quantitative estimate of drug-likeness (QED) is 0.848. The Morgan fingerprint density at radius 1 is 0.889 bits per heavy atom. The normalized spacial score (nSPS) is 22.7. The molecule has 2 unspecified atom stereocenters. The van der Waals surface area contributed by atoms with Gasteiger partial charge in [0.1, 0.15) is 6.04 Å². The van der Waals surface area contributed by atoms with Crippen LogP contribution in [-0.2, 0) is 4.79 Å². The zero-order valence-electron chi connectivity index (χ0n) is 15.0. The summed E-state index contributed by atoms with van der Waals surface area (Å²) in [6, 6.07) is 13.0. The summed E-state index contributed by atoms with van der Waals surface area (Å²) >= 11 is 0. The molecule has 2 amide bonds. The lowest BCUT2D eigenvalue weighted by atomic mass is 10.0. The van der Waals surface area contributed by atoms with Gasteiger partial charge in [-0.1, -0.05) is 18.2 Å². The maximum Gasteiger partial charge on any atom is 0.253 e. The molecule has 2 aliphatic heterocycles. The summed E-state index contributed by atoms with van der Waals surface area (Å²) in [5.74, 6) is 0.118. The highest BCUT2D eigenvalue weighted by molar-refractivity contribution is 5.94. The summed E-state index contributed by atoms with van der Waals surface area (Å²) in [6.07, 6.45) is 4.22. The highest BCUT2D eigenvalue weighted by atomic mass is 16.2. The van der Waals surface area contributed by atoms with E-state index in [0.717, 1.165) is 5.56 Å². The first-order valence-corrected chi connectivity index (χ1v) is 9.26. The van der Waals surface area contributed by atoms with Gasteiger partial charge in [-0.3, -0.25) is 14.6 Å². The molecule has 2 aliphatic rings. The average Bonchev–Trinajstić information content (AvgIpc) is 3.24. The molecule has 0 bridgehead atoms. The van der Waals surface area contributed by atoms with E-state index in [1.165, 1.54) is 0 Å². The first kappa shape index (κ1) is 17.6.